The van der Waals surface area contributed by atoms with Crippen LogP contribution in [0.5, 0.6) is 0 Å². The van der Waals surface area contributed by atoms with Gasteiger partial charge in [0, 0.05) is 18.9 Å². The fourth-order valence-corrected chi connectivity index (χ4v) is 8.74. The summed E-state index contributed by atoms with van der Waals surface area (Å²) in [5.41, 5.74) is 7.86. The highest BCUT2D eigenvalue weighted by Crippen LogP contribution is 2.65. The van der Waals surface area contributed by atoms with Crippen LogP contribution in [-0.2, 0) is 28.7 Å². The van der Waals surface area contributed by atoms with Crippen LogP contribution in [0.25, 0.3) is 0 Å². The van der Waals surface area contributed by atoms with Crippen LogP contribution < -0.4 is 16.5 Å². The molecule has 46 heavy (non-hydrogen) atoms. The van der Waals surface area contributed by atoms with Crippen LogP contribution in [0.2, 0.25) is 0 Å². The normalized spacial score (nSPS) is 26.5. The van der Waals surface area contributed by atoms with E-state index in [1.807, 2.05) is 20.8 Å². The lowest BCUT2D eigenvalue weighted by Crippen LogP contribution is -2.65. The number of guanidine groups is 1. The van der Waals surface area contributed by atoms with E-state index in [9.17, 15) is 28.1 Å². The minimum Gasteiger partial charge on any atom is -0.404 e. The topological polar surface area (TPSA) is 192 Å². The molecule has 1 aromatic carbocycles. The molecule has 15 heteroatoms. The zero-order chi connectivity index (χ0) is 34.0. The summed E-state index contributed by atoms with van der Waals surface area (Å²) in [5.74, 6) is -2.36. The number of ketones is 1. The molecule has 0 aromatic heterocycles. The van der Waals surface area contributed by atoms with Crippen molar-refractivity contribution in [1.29, 1.82) is 0 Å². The van der Waals surface area contributed by atoms with Crippen molar-refractivity contribution in [3.05, 3.63) is 39.9 Å². The van der Waals surface area contributed by atoms with Crippen molar-refractivity contribution in [2.24, 2.45) is 39.8 Å². The molecule has 254 valence electrons. The molecule has 1 aliphatic heterocycles. The van der Waals surface area contributed by atoms with E-state index in [2.05, 4.69) is 31.1 Å². The van der Waals surface area contributed by atoms with Gasteiger partial charge in [-0.25, -0.2) is 23.5 Å². The van der Waals surface area contributed by atoms with Crippen molar-refractivity contribution < 1.29 is 32.3 Å². The Hall–Kier alpha value is -3.04. The molecule has 4 fully saturated rings. The van der Waals surface area contributed by atoms with Gasteiger partial charge in [0.15, 0.2) is 14.9 Å². The Kier molecular flexibility index (Phi) is 10.9. The lowest BCUT2D eigenvalue weighted by atomic mass is 9.43. The number of aryl methyl sites for hydroxylation is 1. The third-order valence-electron chi connectivity index (χ3n) is 10.1. The molecule has 0 spiro atoms. The first-order valence-corrected chi connectivity index (χ1v) is 17.7. The molecule has 0 unspecified atom stereocenters. The number of aliphatic imine (C=N–C) groups is 1. The molecule has 5 rings (SSSR count). The molecule has 1 aromatic rings. The number of nitro groups is 1. The maximum atomic E-state index is 13.9. The highest BCUT2D eigenvalue weighted by atomic mass is 32.2. The van der Waals surface area contributed by atoms with E-state index < -0.39 is 56.9 Å². The minimum absolute atomic E-state index is 0.0409. The van der Waals surface area contributed by atoms with Crippen LogP contribution >= 0.6 is 0 Å². The number of hydrogen-bond acceptors (Lipinski definition) is 9. The van der Waals surface area contributed by atoms with Crippen LogP contribution in [0.15, 0.2) is 34.2 Å². The van der Waals surface area contributed by atoms with E-state index in [1.54, 1.807) is 17.6 Å². The Balaban J connectivity index is 1.48. The second kappa shape index (κ2) is 14.0. The lowest BCUT2D eigenvalue weighted by Gasteiger charge is -2.64. The fraction of sp³-hybridized carbons (Fsp3) is 0.710. The van der Waals surface area contributed by atoms with Gasteiger partial charge >= 0.3 is 7.12 Å². The van der Waals surface area contributed by atoms with E-state index in [4.69, 9.17) is 15.0 Å². The van der Waals surface area contributed by atoms with Crippen molar-refractivity contribution in [3.8, 4) is 0 Å². The Labute approximate surface area is 272 Å². The Morgan fingerprint density at radius 1 is 1.20 bits per heavy atom. The standard InChI is InChI=1S/C31H48BN5O8S/c1-19(2)14-27(32-44-26-17-22-16-25(30(22,4)5)31(26,6)45-32)35-28(39)21(8-7-13-34-29(33)36-37(40)41)15-23(38)18-46(42,43)24-11-9-20(3)10-12-24/h9-12,19,21-22,25-27H,7-8,13-18H2,1-6H3,(H,35,39)(H3,33,34,36)/t21-,22+,25+,26-,27+,31+/m1/s1. The van der Waals surface area contributed by atoms with Gasteiger partial charge in [-0.3, -0.25) is 9.59 Å². The maximum absolute atomic E-state index is 13.9. The number of amides is 1. The van der Waals surface area contributed by atoms with Crippen molar-refractivity contribution in [1.82, 2.24) is 10.7 Å². The Bertz CT molecular complexity index is 1440. The van der Waals surface area contributed by atoms with Gasteiger partial charge in [0.1, 0.15) is 11.5 Å². The van der Waals surface area contributed by atoms with Crippen LogP contribution in [0, 0.1) is 46.1 Å². The third-order valence-corrected chi connectivity index (χ3v) is 11.8. The predicted octanol–water partition coefficient (Wildman–Crippen LogP) is 3.02. The summed E-state index contributed by atoms with van der Waals surface area (Å²) >= 11 is 0. The first kappa shape index (κ1) is 35.8. The Morgan fingerprint density at radius 2 is 1.87 bits per heavy atom. The number of rotatable bonds is 15. The minimum atomic E-state index is -3.91. The van der Waals surface area contributed by atoms with Gasteiger partial charge in [-0.2, -0.15) is 0 Å². The van der Waals surface area contributed by atoms with Crippen molar-refractivity contribution in [3.63, 3.8) is 0 Å². The van der Waals surface area contributed by atoms with Gasteiger partial charge in [-0.15, -0.1) is 0 Å². The number of hydrazine groups is 1. The average molecular weight is 662 g/mol. The fourth-order valence-electron chi connectivity index (χ4n) is 7.48. The number of nitrogens with one attached hydrogen (secondary N) is 2. The molecule has 2 bridgehead atoms. The van der Waals surface area contributed by atoms with Crippen LogP contribution in [0.4, 0.5) is 0 Å². The molecule has 4 aliphatic rings. The molecule has 3 saturated carbocycles. The summed E-state index contributed by atoms with van der Waals surface area (Å²) in [7, 11) is -4.57. The zero-order valence-corrected chi connectivity index (χ0v) is 28.5. The summed E-state index contributed by atoms with van der Waals surface area (Å²) in [6.45, 7) is 12.7. The molecule has 1 saturated heterocycles. The van der Waals surface area contributed by atoms with Crippen molar-refractivity contribution >= 4 is 34.6 Å². The van der Waals surface area contributed by atoms with Gasteiger partial charge in [-0.05, 0) is 81.3 Å². The predicted molar refractivity (Wildman–Crippen MR) is 174 cm³/mol. The molecule has 1 amide bonds. The smallest absolute Gasteiger partial charge is 0.404 e. The quantitative estimate of drug-likeness (QED) is 0.0629. The summed E-state index contributed by atoms with van der Waals surface area (Å²) in [4.78, 5) is 41.6. The monoisotopic (exact) mass is 661 g/mol. The number of carbonyl (C=O) groups excluding carboxylic acids is 2. The summed E-state index contributed by atoms with van der Waals surface area (Å²) < 4.78 is 39.1. The van der Waals surface area contributed by atoms with Gasteiger partial charge in [-0.1, -0.05) is 50.8 Å². The number of nitrogens with zero attached hydrogens (tertiary/aromatic N) is 2. The first-order valence-electron chi connectivity index (χ1n) is 16.1. The number of Topliss-reactive ketones (excluding diaryl/α,β-unsaturated/α-hetero) is 1. The van der Waals surface area contributed by atoms with E-state index in [0.717, 1.165) is 18.4 Å². The largest absolute Gasteiger partial charge is 0.481 e. The third kappa shape index (κ3) is 8.08. The highest BCUT2D eigenvalue weighted by molar-refractivity contribution is 7.92. The summed E-state index contributed by atoms with van der Waals surface area (Å²) in [6.07, 6.45) is 2.66. The number of hydrogen-bond donors (Lipinski definition) is 3. The molecule has 0 radical (unpaired) electrons. The van der Waals surface area contributed by atoms with Gasteiger partial charge in [0.05, 0.1) is 22.5 Å². The molecule has 13 nitrogen and oxygen atoms in total. The van der Waals surface area contributed by atoms with E-state index in [0.29, 0.717) is 18.3 Å². The van der Waals surface area contributed by atoms with E-state index in [-0.39, 0.29) is 54.1 Å². The zero-order valence-electron chi connectivity index (χ0n) is 27.7. The molecule has 4 N–H and O–H groups in total. The molecule has 1 heterocycles. The van der Waals surface area contributed by atoms with E-state index >= 15 is 0 Å². The Morgan fingerprint density at radius 3 is 2.48 bits per heavy atom. The van der Waals surface area contributed by atoms with Crippen LogP contribution in [0.3, 0.4) is 0 Å². The number of benzene rings is 1. The van der Waals surface area contributed by atoms with Crippen LogP contribution in [0.1, 0.15) is 78.7 Å². The SMILES string of the molecule is Cc1ccc(S(=O)(=O)CC(=O)C[C@@H](CCCN=C(N)N[N+](=O)[O-])C(=O)N[C@@H](CC(C)C)B2O[C@@H]3C[C@@H]4C[C@@H](C4(C)C)[C@]3(C)O2)cc1. The van der Waals surface area contributed by atoms with E-state index in [1.165, 1.54) is 12.1 Å². The first-order chi connectivity index (χ1) is 21.4. The lowest BCUT2D eigenvalue weighted by molar-refractivity contribution is -0.525. The highest BCUT2D eigenvalue weighted by Gasteiger charge is 2.68. The molecule has 6 atom stereocenters. The van der Waals surface area contributed by atoms with Gasteiger partial charge < -0.3 is 20.4 Å². The maximum Gasteiger partial charge on any atom is 0.481 e. The second-order valence-corrected chi connectivity index (χ2v) is 16.4. The van der Waals surface area contributed by atoms with Crippen LogP contribution in [-0.4, -0.2) is 68.2 Å². The van der Waals surface area contributed by atoms with Gasteiger partial charge in [0.25, 0.3) is 5.96 Å². The van der Waals surface area contributed by atoms with Crippen molar-refractivity contribution in [2.75, 3.05) is 12.3 Å². The van der Waals surface area contributed by atoms with Crippen molar-refractivity contribution in [2.45, 2.75) is 103 Å². The number of sulfone groups is 1. The molecular formula is C31H48BN5O8S. The second-order valence-electron chi connectivity index (χ2n) is 14.4. The summed E-state index contributed by atoms with van der Waals surface area (Å²) in [5, 5.41) is 12.9. The molecule has 3 aliphatic carbocycles. The average Bonchev–Trinajstić information content (AvgIpc) is 3.30. The number of carbonyl (C=O) groups is 2. The van der Waals surface area contributed by atoms with Gasteiger partial charge in [0.2, 0.25) is 5.91 Å². The summed E-state index contributed by atoms with van der Waals surface area (Å²) in [6, 6.07) is 6.25. The number of nitrogens with two attached hydrogens (primary N) is 1. The molecular weight excluding hydrogens is 613 g/mol.